The monoisotopic (exact) mass is 383 g/mol. The van der Waals surface area contributed by atoms with Crippen LogP contribution in [0.3, 0.4) is 0 Å². The second-order valence-corrected chi connectivity index (χ2v) is 7.66. The molecule has 2 atom stereocenters. The van der Waals surface area contributed by atoms with Crippen molar-refractivity contribution in [3.05, 3.63) is 29.3 Å². The first-order valence-electron chi connectivity index (χ1n) is 8.60. The van der Waals surface area contributed by atoms with Gasteiger partial charge in [-0.05, 0) is 56.9 Å². The van der Waals surface area contributed by atoms with Crippen LogP contribution in [0.25, 0.3) is 0 Å². The SMILES string of the molecule is Cc1cc(C(=O)N2CCCCC2C)ccc1NC(=O)C1CSCN1.Cl. The molecule has 5 nitrogen and oxygen atoms in total. The summed E-state index contributed by atoms with van der Waals surface area (Å²) < 4.78 is 0. The molecule has 0 saturated carbocycles. The number of carbonyl (C=O) groups excluding carboxylic acids is 2. The molecule has 0 spiro atoms. The Balaban J connectivity index is 0.00000225. The fourth-order valence-electron chi connectivity index (χ4n) is 3.29. The van der Waals surface area contributed by atoms with Gasteiger partial charge in [0.25, 0.3) is 5.91 Å². The molecule has 0 aromatic heterocycles. The lowest BCUT2D eigenvalue weighted by molar-refractivity contribution is -0.117. The molecule has 2 heterocycles. The minimum Gasteiger partial charge on any atom is -0.336 e. The standard InChI is InChI=1S/C18H25N3O2S.ClH/c1-12-9-14(18(23)21-8-4-3-5-13(21)2)6-7-15(12)20-17(22)16-10-24-11-19-16;/h6-7,9,13,16,19H,3-5,8,10-11H2,1-2H3,(H,20,22);1H. The van der Waals surface area contributed by atoms with Crippen LogP contribution < -0.4 is 10.6 Å². The fourth-order valence-corrected chi connectivity index (χ4v) is 4.23. The van der Waals surface area contributed by atoms with Crippen LogP contribution in [0.5, 0.6) is 0 Å². The van der Waals surface area contributed by atoms with E-state index < -0.39 is 0 Å². The molecule has 138 valence electrons. The van der Waals surface area contributed by atoms with Crippen LogP contribution in [0.4, 0.5) is 5.69 Å². The van der Waals surface area contributed by atoms with Gasteiger partial charge in [-0.25, -0.2) is 0 Å². The summed E-state index contributed by atoms with van der Waals surface area (Å²) in [6.45, 7) is 4.89. The summed E-state index contributed by atoms with van der Waals surface area (Å²) in [6.07, 6.45) is 3.35. The number of benzene rings is 1. The van der Waals surface area contributed by atoms with E-state index in [1.54, 1.807) is 11.8 Å². The lowest BCUT2D eigenvalue weighted by Gasteiger charge is -2.33. The lowest BCUT2D eigenvalue weighted by Crippen LogP contribution is -2.42. The number of nitrogens with zero attached hydrogens (tertiary/aromatic N) is 1. The van der Waals surface area contributed by atoms with Crippen LogP contribution in [0.2, 0.25) is 0 Å². The average molecular weight is 384 g/mol. The summed E-state index contributed by atoms with van der Waals surface area (Å²) in [5.74, 6) is 1.70. The van der Waals surface area contributed by atoms with E-state index in [9.17, 15) is 9.59 Å². The summed E-state index contributed by atoms with van der Waals surface area (Å²) in [6, 6.07) is 5.72. The number of hydrogen-bond donors (Lipinski definition) is 2. The Morgan fingerprint density at radius 3 is 2.76 bits per heavy atom. The Bertz CT molecular complexity index is 635. The minimum absolute atomic E-state index is 0. The van der Waals surface area contributed by atoms with Gasteiger partial charge in [-0.15, -0.1) is 24.2 Å². The highest BCUT2D eigenvalue weighted by molar-refractivity contribution is 7.99. The van der Waals surface area contributed by atoms with Crippen molar-refractivity contribution >= 4 is 41.7 Å². The highest BCUT2D eigenvalue weighted by Gasteiger charge is 2.25. The number of likely N-dealkylation sites (tertiary alicyclic amines) is 1. The number of halogens is 1. The first kappa shape index (κ1) is 20.1. The van der Waals surface area contributed by atoms with Gasteiger partial charge in [0, 0.05) is 35.5 Å². The molecule has 2 unspecified atom stereocenters. The van der Waals surface area contributed by atoms with E-state index in [-0.39, 0.29) is 30.3 Å². The van der Waals surface area contributed by atoms with E-state index in [0.29, 0.717) is 11.6 Å². The number of carbonyl (C=O) groups is 2. The third-order valence-corrected chi connectivity index (χ3v) is 5.77. The van der Waals surface area contributed by atoms with E-state index >= 15 is 0 Å². The molecule has 25 heavy (non-hydrogen) atoms. The van der Waals surface area contributed by atoms with E-state index in [2.05, 4.69) is 17.6 Å². The maximum Gasteiger partial charge on any atom is 0.254 e. The van der Waals surface area contributed by atoms with Crippen molar-refractivity contribution in [1.82, 2.24) is 10.2 Å². The van der Waals surface area contributed by atoms with Crippen molar-refractivity contribution in [2.75, 3.05) is 23.5 Å². The molecule has 2 aliphatic heterocycles. The Morgan fingerprint density at radius 1 is 1.32 bits per heavy atom. The number of amides is 2. The Hall–Kier alpha value is -1.24. The molecule has 2 fully saturated rings. The Morgan fingerprint density at radius 2 is 2.12 bits per heavy atom. The number of rotatable bonds is 3. The highest BCUT2D eigenvalue weighted by Crippen LogP contribution is 2.23. The molecular formula is C18H26ClN3O2S. The summed E-state index contributed by atoms with van der Waals surface area (Å²) in [4.78, 5) is 26.9. The minimum atomic E-state index is -0.134. The average Bonchev–Trinajstić information content (AvgIpc) is 3.11. The predicted molar refractivity (Wildman–Crippen MR) is 106 cm³/mol. The smallest absolute Gasteiger partial charge is 0.254 e. The summed E-state index contributed by atoms with van der Waals surface area (Å²) in [5.41, 5.74) is 2.40. The van der Waals surface area contributed by atoms with Crippen LogP contribution in [0.15, 0.2) is 18.2 Å². The molecule has 0 radical (unpaired) electrons. The fraction of sp³-hybridized carbons (Fsp3) is 0.556. The first-order valence-corrected chi connectivity index (χ1v) is 9.75. The Kier molecular flexibility index (Phi) is 7.16. The second-order valence-electron chi connectivity index (χ2n) is 6.63. The summed E-state index contributed by atoms with van der Waals surface area (Å²) >= 11 is 1.73. The number of hydrogen-bond acceptors (Lipinski definition) is 4. The molecule has 2 aliphatic rings. The van der Waals surface area contributed by atoms with Crippen LogP contribution in [0, 0.1) is 6.92 Å². The van der Waals surface area contributed by atoms with Crippen LogP contribution in [-0.4, -0.2) is 47.0 Å². The van der Waals surface area contributed by atoms with Crippen molar-refractivity contribution in [1.29, 1.82) is 0 Å². The van der Waals surface area contributed by atoms with Crippen LogP contribution >= 0.6 is 24.2 Å². The van der Waals surface area contributed by atoms with Gasteiger partial charge in [0.05, 0.1) is 6.04 Å². The zero-order valence-corrected chi connectivity index (χ0v) is 16.3. The van der Waals surface area contributed by atoms with E-state index in [1.165, 1.54) is 6.42 Å². The zero-order valence-electron chi connectivity index (χ0n) is 14.7. The van der Waals surface area contributed by atoms with Gasteiger partial charge < -0.3 is 10.2 Å². The highest BCUT2D eigenvalue weighted by atomic mass is 35.5. The molecule has 0 aliphatic carbocycles. The number of aryl methyl sites for hydroxylation is 1. The number of anilines is 1. The van der Waals surface area contributed by atoms with Gasteiger partial charge in [0.1, 0.15) is 0 Å². The molecule has 2 amide bonds. The maximum atomic E-state index is 12.7. The van der Waals surface area contributed by atoms with Crippen LogP contribution in [0.1, 0.15) is 42.1 Å². The van der Waals surface area contributed by atoms with Gasteiger partial charge in [0.2, 0.25) is 5.91 Å². The molecule has 7 heteroatoms. The van der Waals surface area contributed by atoms with Gasteiger partial charge in [-0.3, -0.25) is 14.9 Å². The first-order chi connectivity index (χ1) is 11.6. The van der Waals surface area contributed by atoms with Gasteiger partial charge in [0.15, 0.2) is 0 Å². The van der Waals surface area contributed by atoms with Gasteiger partial charge >= 0.3 is 0 Å². The van der Waals surface area contributed by atoms with Crippen molar-refractivity contribution in [3.63, 3.8) is 0 Å². The second kappa shape index (κ2) is 8.92. The van der Waals surface area contributed by atoms with Crippen molar-refractivity contribution in [2.24, 2.45) is 0 Å². The van der Waals surface area contributed by atoms with E-state index in [1.807, 2.05) is 30.0 Å². The third kappa shape index (κ3) is 4.68. The molecule has 0 bridgehead atoms. The topological polar surface area (TPSA) is 61.4 Å². The maximum absolute atomic E-state index is 12.7. The molecule has 2 saturated heterocycles. The number of thioether (sulfide) groups is 1. The number of piperidine rings is 1. The van der Waals surface area contributed by atoms with E-state index in [0.717, 1.165) is 42.3 Å². The van der Waals surface area contributed by atoms with E-state index in [4.69, 9.17) is 0 Å². The molecule has 1 aromatic carbocycles. The molecule has 1 aromatic rings. The van der Waals surface area contributed by atoms with Crippen molar-refractivity contribution in [2.45, 2.75) is 45.2 Å². The largest absolute Gasteiger partial charge is 0.336 e. The molecule has 3 rings (SSSR count). The third-order valence-electron chi connectivity index (χ3n) is 4.83. The zero-order chi connectivity index (χ0) is 17.1. The lowest BCUT2D eigenvalue weighted by atomic mass is 10.0. The molecular weight excluding hydrogens is 358 g/mol. The van der Waals surface area contributed by atoms with Crippen molar-refractivity contribution < 1.29 is 9.59 Å². The summed E-state index contributed by atoms with van der Waals surface area (Å²) in [5, 5.41) is 6.13. The normalized spacial score (nSPS) is 23.0. The quantitative estimate of drug-likeness (QED) is 0.842. The van der Waals surface area contributed by atoms with Gasteiger partial charge in [-0.2, -0.15) is 0 Å². The number of nitrogens with one attached hydrogen (secondary N) is 2. The molecule has 2 N–H and O–H groups in total. The van der Waals surface area contributed by atoms with Crippen molar-refractivity contribution in [3.8, 4) is 0 Å². The Labute approximate surface area is 159 Å². The van der Waals surface area contributed by atoms with Gasteiger partial charge in [-0.1, -0.05) is 0 Å². The van der Waals surface area contributed by atoms with Crippen LogP contribution in [-0.2, 0) is 4.79 Å². The predicted octanol–water partition coefficient (Wildman–Crippen LogP) is 3.03. The summed E-state index contributed by atoms with van der Waals surface area (Å²) in [7, 11) is 0.